The highest BCUT2D eigenvalue weighted by molar-refractivity contribution is 7.98. The summed E-state index contributed by atoms with van der Waals surface area (Å²) in [6, 6.07) is 19.0. The molecule has 0 radical (unpaired) electrons. The van der Waals surface area contributed by atoms with E-state index in [1.807, 2.05) is 36.4 Å². The number of aromatic nitrogens is 1. The Bertz CT molecular complexity index is 1120. The second-order valence-electron chi connectivity index (χ2n) is 6.43. The number of thioether (sulfide) groups is 1. The largest absolute Gasteiger partial charge is 0.431 e. The molecule has 0 N–H and O–H groups in total. The van der Waals surface area contributed by atoms with Gasteiger partial charge in [0, 0.05) is 11.3 Å². The van der Waals surface area contributed by atoms with Gasteiger partial charge in [0.2, 0.25) is 0 Å². The molecule has 142 valence electrons. The third kappa shape index (κ3) is 3.78. The molecule has 0 atom stereocenters. The van der Waals surface area contributed by atoms with Crippen LogP contribution < -0.4 is 0 Å². The van der Waals surface area contributed by atoms with Crippen molar-refractivity contribution in [3.8, 4) is 11.1 Å². The van der Waals surface area contributed by atoms with Crippen molar-refractivity contribution in [2.24, 2.45) is 0 Å². The summed E-state index contributed by atoms with van der Waals surface area (Å²) < 4.78 is 43.8. The molecule has 0 fully saturated rings. The number of hydrogen-bond donors (Lipinski definition) is 0. The fraction of sp³-hybridized carbons (Fsp3) is 0.136. The van der Waals surface area contributed by atoms with E-state index in [1.54, 1.807) is 0 Å². The molecular formula is C22H16F3NOS. The molecule has 0 amide bonds. The molecule has 4 aromatic rings. The Morgan fingerprint density at radius 3 is 2.32 bits per heavy atom. The van der Waals surface area contributed by atoms with Gasteiger partial charge in [-0.2, -0.15) is 13.2 Å². The molecule has 0 spiro atoms. The summed E-state index contributed by atoms with van der Waals surface area (Å²) in [7, 11) is 0. The lowest BCUT2D eigenvalue weighted by Gasteiger charge is -2.06. The van der Waals surface area contributed by atoms with Crippen molar-refractivity contribution in [2.75, 3.05) is 0 Å². The predicted molar refractivity (Wildman–Crippen MR) is 105 cm³/mol. The molecule has 0 aliphatic rings. The van der Waals surface area contributed by atoms with Crippen LogP contribution in [0.2, 0.25) is 0 Å². The van der Waals surface area contributed by atoms with Crippen molar-refractivity contribution in [3.05, 3.63) is 83.4 Å². The van der Waals surface area contributed by atoms with Gasteiger partial charge in [-0.1, -0.05) is 60.3 Å². The molecule has 1 aromatic heterocycles. The highest BCUT2D eigenvalue weighted by atomic mass is 32.2. The summed E-state index contributed by atoms with van der Waals surface area (Å²) in [4.78, 5) is 4.62. The Kier molecular flexibility index (Phi) is 4.89. The van der Waals surface area contributed by atoms with Gasteiger partial charge in [0.25, 0.3) is 5.22 Å². The van der Waals surface area contributed by atoms with Crippen LogP contribution in [0.15, 0.2) is 76.4 Å². The predicted octanol–water partition coefficient (Wildman–Crippen LogP) is 7.11. The Labute approximate surface area is 164 Å². The second kappa shape index (κ2) is 7.36. The molecule has 4 rings (SSSR count). The topological polar surface area (TPSA) is 26.0 Å². The fourth-order valence-electron chi connectivity index (χ4n) is 3.02. The van der Waals surface area contributed by atoms with Gasteiger partial charge in [0.05, 0.1) is 5.56 Å². The normalized spacial score (nSPS) is 11.9. The van der Waals surface area contributed by atoms with Crippen LogP contribution >= 0.6 is 11.8 Å². The van der Waals surface area contributed by atoms with Crippen molar-refractivity contribution < 1.29 is 17.6 Å². The Balaban J connectivity index is 1.57. The van der Waals surface area contributed by atoms with E-state index in [0.29, 0.717) is 16.6 Å². The van der Waals surface area contributed by atoms with Gasteiger partial charge in [0.15, 0.2) is 5.58 Å². The third-order valence-corrected chi connectivity index (χ3v) is 5.38. The van der Waals surface area contributed by atoms with E-state index < -0.39 is 11.7 Å². The van der Waals surface area contributed by atoms with Crippen LogP contribution in [0.25, 0.3) is 22.2 Å². The van der Waals surface area contributed by atoms with Crippen LogP contribution in [-0.2, 0) is 11.9 Å². The van der Waals surface area contributed by atoms with Gasteiger partial charge in [-0.05, 0) is 41.8 Å². The van der Waals surface area contributed by atoms with Crippen molar-refractivity contribution >= 4 is 22.9 Å². The average molecular weight is 399 g/mol. The molecule has 28 heavy (non-hydrogen) atoms. The molecule has 1 heterocycles. The number of nitrogens with zero attached hydrogens (tertiary/aromatic N) is 1. The minimum atomic E-state index is -4.32. The molecule has 0 unspecified atom stereocenters. The monoisotopic (exact) mass is 399 g/mol. The molecule has 0 aliphatic heterocycles. The number of fused-ring (bicyclic) bond motifs is 1. The van der Waals surface area contributed by atoms with Gasteiger partial charge in [-0.15, -0.1) is 0 Å². The summed E-state index contributed by atoms with van der Waals surface area (Å²) in [5, 5.41) is 0.496. The third-order valence-electron chi connectivity index (χ3n) is 4.48. The van der Waals surface area contributed by atoms with Gasteiger partial charge in [0.1, 0.15) is 5.52 Å². The second-order valence-corrected chi connectivity index (χ2v) is 7.36. The number of para-hydroxylation sites is 1. The fourth-order valence-corrected chi connectivity index (χ4v) is 3.80. The Morgan fingerprint density at radius 1 is 0.893 bits per heavy atom. The van der Waals surface area contributed by atoms with E-state index in [9.17, 15) is 13.2 Å². The first kappa shape index (κ1) is 18.6. The maximum atomic E-state index is 12.7. The first-order valence-electron chi connectivity index (χ1n) is 8.66. The molecule has 2 nitrogen and oxygen atoms in total. The molecule has 0 saturated heterocycles. The highest BCUT2D eigenvalue weighted by Gasteiger charge is 2.29. The molecule has 0 aliphatic carbocycles. The lowest BCUT2D eigenvalue weighted by Crippen LogP contribution is -2.04. The zero-order valence-electron chi connectivity index (χ0n) is 15.0. The van der Waals surface area contributed by atoms with E-state index in [-0.39, 0.29) is 0 Å². The first-order chi connectivity index (χ1) is 13.4. The Hall–Kier alpha value is -2.73. The summed E-state index contributed by atoms with van der Waals surface area (Å²) in [6.45, 7) is 2.05. The molecule has 6 heteroatoms. The first-order valence-corrected chi connectivity index (χ1v) is 9.65. The lowest BCUT2D eigenvalue weighted by atomic mass is 10.00. The number of hydrogen-bond acceptors (Lipinski definition) is 3. The number of benzene rings is 3. The average Bonchev–Trinajstić information content (AvgIpc) is 3.10. The summed E-state index contributed by atoms with van der Waals surface area (Å²) in [5.74, 6) is 0.477. The molecular weight excluding hydrogens is 383 g/mol. The van der Waals surface area contributed by atoms with Crippen LogP contribution in [-0.4, -0.2) is 4.98 Å². The van der Waals surface area contributed by atoms with E-state index in [0.717, 1.165) is 39.9 Å². The number of oxazole rings is 1. The summed E-state index contributed by atoms with van der Waals surface area (Å²) >= 11 is 1.36. The van der Waals surface area contributed by atoms with E-state index in [2.05, 4.69) is 18.0 Å². The highest BCUT2D eigenvalue weighted by Crippen LogP contribution is 2.34. The van der Waals surface area contributed by atoms with Crippen molar-refractivity contribution in [2.45, 2.75) is 24.1 Å². The van der Waals surface area contributed by atoms with E-state index in [1.165, 1.54) is 23.9 Å². The molecule has 3 aromatic carbocycles. The SMILES string of the molecule is Cc1ccccc1-c1cccc2oc(SCc3ccc(C(F)(F)F)cc3)nc12. The smallest absolute Gasteiger partial charge is 0.416 e. The van der Waals surface area contributed by atoms with Crippen LogP contribution in [0.4, 0.5) is 13.2 Å². The van der Waals surface area contributed by atoms with Crippen molar-refractivity contribution in [3.63, 3.8) is 0 Å². The molecule has 0 saturated carbocycles. The van der Waals surface area contributed by atoms with Gasteiger partial charge in [-0.3, -0.25) is 0 Å². The zero-order valence-corrected chi connectivity index (χ0v) is 15.8. The van der Waals surface area contributed by atoms with Gasteiger partial charge < -0.3 is 4.42 Å². The number of halogens is 3. The van der Waals surface area contributed by atoms with Crippen molar-refractivity contribution in [1.82, 2.24) is 4.98 Å². The maximum Gasteiger partial charge on any atom is 0.416 e. The van der Waals surface area contributed by atoms with E-state index >= 15 is 0 Å². The van der Waals surface area contributed by atoms with Crippen LogP contribution in [0.1, 0.15) is 16.7 Å². The minimum Gasteiger partial charge on any atom is -0.431 e. The van der Waals surface area contributed by atoms with Crippen LogP contribution in [0.3, 0.4) is 0 Å². The lowest BCUT2D eigenvalue weighted by molar-refractivity contribution is -0.137. The van der Waals surface area contributed by atoms with E-state index in [4.69, 9.17) is 4.42 Å². The Morgan fingerprint density at radius 2 is 1.61 bits per heavy atom. The maximum absolute atomic E-state index is 12.7. The summed E-state index contributed by atoms with van der Waals surface area (Å²) in [6.07, 6.45) is -4.32. The minimum absolute atomic E-state index is 0.477. The quantitative estimate of drug-likeness (QED) is 0.342. The van der Waals surface area contributed by atoms with Crippen LogP contribution in [0.5, 0.6) is 0 Å². The summed E-state index contributed by atoms with van der Waals surface area (Å²) in [5.41, 5.74) is 4.85. The van der Waals surface area contributed by atoms with Crippen LogP contribution in [0, 0.1) is 6.92 Å². The standard InChI is InChI=1S/C22H16F3NOS/c1-14-5-2-3-6-17(14)18-7-4-8-19-20(18)26-21(27-19)28-13-15-9-11-16(12-10-15)22(23,24)25/h2-12H,13H2,1H3. The number of rotatable bonds is 4. The van der Waals surface area contributed by atoms with Crippen molar-refractivity contribution in [1.29, 1.82) is 0 Å². The zero-order chi connectivity index (χ0) is 19.7. The number of aryl methyl sites for hydroxylation is 1. The van der Waals surface area contributed by atoms with Gasteiger partial charge >= 0.3 is 6.18 Å². The molecule has 0 bridgehead atoms. The van der Waals surface area contributed by atoms with Gasteiger partial charge in [-0.25, -0.2) is 4.98 Å². The number of alkyl halides is 3.